The summed E-state index contributed by atoms with van der Waals surface area (Å²) in [5.74, 6) is 0.160. The number of allylic oxidation sites excluding steroid dienone is 4. The molecule has 0 amide bonds. The molecular formula is C6H5BrO. The van der Waals surface area contributed by atoms with Gasteiger partial charge in [0.15, 0.2) is 5.78 Å². The van der Waals surface area contributed by atoms with Gasteiger partial charge in [-0.15, -0.1) is 0 Å². The van der Waals surface area contributed by atoms with Crippen LogP contribution in [0.25, 0.3) is 0 Å². The van der Waals surface area contributed by atoms with Gasteiger partial charge in [-0.05, 0) is 22.0 Å². The van der Waals surface area contributed by atoms with E-state index in [1.54, 1.807) is 6.08 Å². The molecule has 0 bridgehead atoms. The Hall–Kier alpha value is -0.370. The van der Waals surface area contributed by atoms with Gasteiger partial charge in [-0.3, -0.25) is 4.79 Å². The minimum Gasteiger partial charge on any atom is -0.293 e. The molecule has 1 aliphatic carbocycles. The van der Waals surface area contributed by atoms with Gasteiger partial charge in [-0.25, -0.2) is 0 Å². The van der Waals surface area contributed by atoms with Crippen LogP contribution in [0.3, 0.4) is 0 Å². The van der Waals surface area contributed by atoms with Crippen molar-refractivity contribution in [2.75, 3.05) is 0 Å². The van der Waals surface area contributed by atoms with Crippen LogP contribution in [0.5, 0.6) is 0 Å². The van der Waals surface area contributed by atoms with E-state index in [2.05, 4.69) is 15.9 Å². The molecule has 0 aromatic rings. The van der Waals surface area contributed by atoms with Crippen LogP contribution in [-0.4, -0.2) is 5.78 Å². The van der Waals surface area contributed by atoms with E-state index in [9.17, 15) is 4.79 Å². The third kappa shape index (κ3) is 1.07. The molecule has 1 aliphatic rings. The zero-order chi connectivity index (χ0) is 5.98. The first-order valence-electron chi connectivity index (χ1n) is 2.36. The van der Waals surface area contributed by atoms with E-state index < -0.39 is 0 Å². The second-order valence-corrected chi connectivity index (χ2v) is 2.42. The molecule has 0 aromatic carbocycles. The predicted octanol–water partition coefficient (Wildman–Crippen LogP) is 1.79. The lowest BCUT2D eigenvalue weighted by molar-refractivity contribution is -0.114. The van der Waals surface area contributed by atoms with Crippen molar-refractivity contribution >= 4 is 21.7 Å². The van der Waals surface area contributed by atoms with E-state index >= 15 is 0 Å². The van der Waals surface area contributed by atoms with Gasteiger partial charge in [-0.1, -0.05) is 12.2 Å². The summed E-state index contributed by atoms with van der Waals surface area (Å²) in [7, 11) is 0. The Morgan fingerprint density at radius 3 is 2.75 bits per heavy atom. The number of rotatable bonds is 0. The highest BCUT2D eigenvalue weighted by molar-refractivity contribution is 9.12. The molecule has 0 spiro atoms. The van der Waals surface area contributed by atoms with Crippen LogP contribution in [0.15, 0.2) is 22.7 Å². The highest BCUT2D eigenvalue weighted by Gasteiger charge is 2.04. The maximum atomic E-state index is 10.6. The number of ketones is 1. The fraction of sp³-hybridized carbons (Fsp3) is 0.167. The van der Waals surface area contributed by atoms with Crippen LogP contribution < -0.4 is 0 Å². The smallest absolute Gasteiger partial charge is 0.173 e. The van der Waals surface area contributed by atoms with Crippen LogP contribution in [-0.2, 0) is 4.79 Å². The summed E-state index contributed by atoms with van der Waals surface area (Å²) in [6, 6.07) is 0. The second-order valence-electron chi connectivity index (χ2n) is 1.57. The maximum Gasteiger partial charge on any atom is 0.173 e. The Morgan fingerprint density at radius 2 is 2.38 bits per heavy atom. The van der Waals surface area contributed by atoms with Gasteiger partial charge in [0.2, 0.25) is 0 Å². The predicted molar refractivity (Wildman–Crippen MR) is 35.8 cm³/mol. The second kappa shape index (κ2) is 2.27. The van der Waals surface area contributed by atoms with Crippen molar-refractivity contribution in [1.29, 1.82) is 0 Å². The van der Waals surface area contributed by atoms with Crippen molar-refractivity contribution in [3.8, 4) is 0 Å². The van der Waals surface area contributed by atoms with Crippen molar-refractivity contribution in [3.05, 3.63) is 22.7 Å². The highest BCUT2D eigenvalue weighted by Crippen LogP contribution is 2.12. The summed E-state index contributed by atoms with van der Waals surface area (Å²) in [6.07, 6.45) is 6.00. The Bertz CT molecular complexity index is 167. The third-order valence-electron chi connectivity index (χ3n) is 0.948. The summed E-state index contributed by atoms with van der Waals surface area (Å²) >= 11 is 3.11. The normalized spacial score (nSPS) is 18.6. The minimum absolute atomic E-state index is 0.160. The lowest BCUT2D eigenvalue weighted by atomic mass is 10.2. The first kappa shape index (κ1) is 5.76. The number of hydrogen-bond acceptors (Lipinski definition) is 1. The molecule has 1 rings (SSSR count). The van der Waals surface area contributed by atoms with Crippen molar-refractivity contribution in [2.24, 2.45) is 0 Å². The van der Waals surface area contributed by atoms with E-state index in [0.29, 0.717) is 10.9 Å². The van der Waals surface area contributed by atoms with Crippen molar-refractivity contribution in [3.63, 3.8) is 0 Å². The molecule has 0 heterocycles. The zero-order valence-corrected chi connectivity index (χ0v) is 5.81. The summed E-state index contributed by atoms with van der Waals surface area (Å²) in [4.78, 5) is 10.6. The fourth-order valence-electron chi connectivity index (χ4n) is 0.518. The number of halogens is 1. The third-order valence-corrected chi connectivity index (χ3v) is 1.65. The minimum atomic E-state index is 0.160. The van der Waals surface area contributed by atoms with Crippen molar-refractivity contribution in [1.82, 2.24) is 0 Å². The Morgan fingerprint density at radius 1 is 1.62 bits per heavy atom. The standard InChI is InChI=1S/C6H5BrO/c7-5-3-1-2-4-6(5)8/h1-3H,4H2. The lowest BCUT2D eigenvalue weighted by Gasteiger charge is -1.96. The van der Waals surface area contributed by atoms with E-state index in [0.717, 1.165) is 0 Å². The van der Waals surface area contributed by atoms with Gasteiger partial charge in [0.05, 0.1) is 4.48 Å². The molecule has 0 saturated carbocycles. The van der Waals surface area contributed by atoms with Crippen LogP contribution in [0, 0.1) is 0 Å². The number of carbonyl (C=O) groups excluding carboxylic acids is 1. The molecule has 8 heavy (non-hydrogen) atoms. The summed E-state index contributed by atoms with van der Waals surface area (Å²) in [5, 5.41) is 0. The molecule has 0 N–H and O–H groups in total. The molecule has 0 saturated heterocycles. The average molecular weight is 173 g/mol. The largest absolute Gasteiger partial charge is 0.293 e. The topological polar surface area (TPSA) is 17.1 Å². The van der Waals surface area contributed by atoms with Crippen LogP contribution in [0.1, 0.15) is 6.42 Å². The lowest BCUT2D eigenvalue weighted by Crippen LogP contribution is -1.96. The summed E-state index contributed by atoms with van der Waals surface area (Å²) < 4.78 is 0.681. The van der Waals surface area contributed by atoms with Gasteiger partial charge in [0, 0.05) is 6.42 Å². The van der Waals surface area contributed by atoms with Crippen LogP contribution in [0.4, 0.5) is 0 Å². The molecule has 0 fully saturated rings. The first-order chi connectivity index (χ1) is 3.80. The van der Waals surface area contributed by atoms with Crippen molar-refractivity contribution in [2.45, 2.75) is 6.42 Å². The molecular weight excluding hydrogens is 168 g/mol. The van der Waals surface area contributed by atoms with E-state index in [1.165, 1.54) is 0 Å². The van der Waals surface area contributed by atoms with Crippen molar-refractivity contribution < 1.29 is 4.79 Å². The molecule has 1 nitrogen and oxygen atoms in total. The van der Waals surface area contributed by atoms with Gasteiger partial charge in [-0.2, -0.15) is 0 Å². The van der Waals surface area contributed by atoms with Gasteiger partial charge in [0.25, 0.3) is 0 Å². The van der Waals surface area contributed by atoms with Crippen LogP contribution >= 0.6 is 15.9 Å². The molecule has 0 radical (unpaired) electrons. The first-order valence-corrected chi connectivity index (χ1v) is 3.15. The molecule has 0 aliphatic heterocycles. The van der Waals surface area contributed by atoms with E-state index in [1.807, 2.05) is 12.2 Å². The highest BCUT2D eigenvalue weighted by atomic mass is 79.9. The van der Waals surface area contributed by atoms with E-state index in [-0.39, 0.29) is 5.78 Å². The Balaban J connectivity index is 2.80. The van der Waals surface area contributed by atoms with Gasteiger partial charge >= 0.3 is 0 Å². The average Bonchev–Trinajstić information content (AvgIpc) is 1.77. The van der Waals surface area contributed by atoms with E-state index in [4.69, 9.17) is 0 Å². The quantitative estimate of drug-likeness (QED) is 0.545. The van der Waals surface area contributed by atoms with Gasteiger partial charge in [0.1, 0.15) is 0 Å². The Kier molecular flexibility index (Phi) is 1.63. The number of carbonyl (C=O) groups is 1. The SMILES string of the molecule is O=C1CC=CC=C1Br. The maximum absolute atomic E-state index is 10.6. The summed E-state index contributed by atoms with van der Waals surface area (Å²) in [6.45, 7) is 0. The molecule has 0 aromatic heterocycles. The molecule has 0 unspecified atom stereocenters. The monoisotopic (exact) mass is 172 g/mol. The van der Waals surface area contributed by atoms with Crippen LogP contribution in [0.2, 0.25) is 0 Å². The molecule has 42 valence electrons. The molecule has 0 atom stereocenters. The Labute approximate surface area is 56.2 Å². The molecule has 2 heteroatoms. The summed E-state index contributed by atoms with van der Waals surface area (Å²) in [5.41, 5.74) is 0. The fourth-order valence-corrected chi connectivity index (χ4v) is 0.833. The number of Topliss-reactive ketones (excluding diaryl/α,β-unsaturated/α-hetero) is 1. The zero-order valence-electron chi connectivity index (χ0n) is 4.23. The van der Waals surface area contributed by atoms with Gasteiger partial charge < -0.3 is 0 Å². The number of hydrogen-bond donors (Lipinski definition) is 0.